The van der Waals surface area contributed by atoms with Crippen LogP contribution in [0.3, 0.4) is 0 Å². The molecule has 1 aliphatic rings. The van der Waals surface area contributed by atoms with Gasteiger partial charge in [-0.15, -0.1) is 4.99 Å². The Morgan fingerprint density at radius 2 is 1.47 bits per heavy atom. The number of rotatable bonds is 6. The molecule has 1 heterocycles. The van der Waals surface area contributed by atoms with Gasteiger partial charge < -0.3 is 19.1 Å². The first kappa shape index (κ1) is 33.3. The number of nitrogens with zero attached hydrogens (tertiary/aromatic N) is 4. The summed E-state index contributed by atoms with van der Waals surface area (Å²) in [5.74, 6) is -0.187. The molecule has 2 amide bonds. The van der Waals surface area contributed by atoms with Gasteiger partial charge in [0, 0.05) is 32.7 Å². The van der Waals surface area contributed by atoms with Gasteiger partial charge >= 0.3 is 18.2 Å². The third-order valence-electron chi connectivity index (χ3n) is 6.27. The van der Waals surface area contributed by atoms with Crippen LogP contribution in [0.5, 0.6) is 0 Å². The van der Waals surface area contributed by atoms with Gasteiger partial charge in [0.05, 0.1) is 19.2 Å². The molecule has 0 unspecified atom stereocenters. The predicted octanol–water partition coefficient (Wildman–Crippen LogP) is 5.83. The van der Waals surface area contributed by atoms with Crippen LogP contribution in [0, 0.1) is 0 Å². The smallest absolute Gasteiger partial charge is 0.437 e. The highest BCUT2D eigenvalue weighted by Crippen LogP contribution is 2.17. The number of guanidine groups is 1. The third kappa shape index (κ3) is 11.2. The van der Waals surface area contributed by atoms with Gasteiger partial charge in [0.1, 0.15) is 11.2 Å². The number of aliphatic imine (C=N–C) groups is 1. The van der Waals surface area contributed by atoms with E-state index in [1.165, 1.54) is 12.0 Å². The highest BCUT2D eigenvalue weighted by molar-refractivity contribution is 5.99. The lowest BCUT2D eigenvalue weighted by Gasteiger charge is -2.39. The van der Waals surface area contributed by atoms with E-state index in [0.29, 0.717) is 38.3 Å². The number of hydrogen-bond acceptors (Lipinski definition) is 7. The van der Waals surface area contributed by atoms with E-state index in [2.05, 4.69) is 9.89 Å². The van der Waals surface area contributed by atoms with E-state index in [0.717, 1.165) is 11.1 Å². The number of esters is 1. The number of carbonyl (C=O) groups is 3. The lowest BCUT2D eigenvalue weighted by Crippen LogP contribution is -2.55. The summed E-state index contributed by atoms with van der Waals surface area (Å²) in [5.41, 5.74) is 1.04. The monoisotopic (exact) mass is 592 g/mol. The Labute approximate surface area is 254 Å². The first-order valence-electron chi connectivity index (χ1n) is 14.4. The Bertz CT molecular complexity index is 1290. The summed E-state index contributed by atoms with van der Waals surface area (Å²) in [4.78, 5) is 48.1. The summed E-state index contributed by atoms with van der Waals surface area (Å²) >= 11 is 0. The number of benzene rings is 2. The number of ether oxygens (including phenoxy) is 3. The summed E-state index contributed by atoms with van der Waals surface area (Å²) in [7, 11) is 1.36. The summed E-state index contributed by atoms with van der Waals surface area (Å²) < 4.78 is 16.0. The van der Waals surface area contributed by atoms with Gasteiger partial charge in [0.25, 0.3) is 0 Å². The minimum absolute atomic E-state index is 0.137. The average molecular weight is 593 g/mol. The zero-order valence-corrected chi connectivity index (χ0v) is 26.3. The molecule has 232 valence electrons. The molecular weight excluding hydrogens is 548 g/mol. The largest absolute Gasteiger partial charge is 0.465 e. The van der Waals surface area contributed by atoms with Crippen LogP contribution in [-0.4, -0.2) is 89.9 Å². The Morgan fingerprint density at radius 1 is 0.860 bits per heavy atom. The predicted molar refractivity (Wildman–Crippen MR) is 167 cm³/mol. The molecule has 0 aromatic heterocycles. The van der Waals surface area contributed by atoms with Crippen molar-refractivity contribution < 1.29 is 28.6 Å². The normalized spacial score (nSPS) is 14.9. The van der Waals surface area contributed by atoms with Gasteiger partial charge in [-0.1, -0.05) is 54.6 Å². The molecular formula is C33H44N4O6. The fourth-order valence-corrected chi connectivity index (χ4v) is 4.31. The molecule has 1 aliphatic heterocycles. The van der Waals surface area contributed by atoms with Crippen LogP contribution < -0.4 is 0 Å². The molecule has 0 spiro atoms. The molecule has 1 saturated heterocycles. The molecule has 0 aliphatic carbocycles. The van der Waals surface area contributed by atoms with E-state index < -0.39 is 23.4 Å². The molecule has 43 heavy (non-hydrogen) atoms. The third-order valence-corrected chi connectivity index (χ3v) is 6.27. The Morgan fingerprint density at radius 3 is 2.02 bits per heavy atom. The minimum Gasteiger partial charge on any atom is -0.465 e. The maximum absolute atomic E-state index is 13.5. The summed E-state index contributed by atoms with van der Waals surface area (Å²) in [6.07, 6.45) is 2.36. The van der Waals surface area contributed by atoms with Crippen molar-refractivity contribution in [1.29, 1.82) is 0 Å². The van der Waals surface area contributed by atoms with Crippen molar-refractivity contribution in [3.05, 3.63) is 77.4 Å². The van der Waals surface area contributed by atoms with Gasteiger partial charge in [-0.25, -0.2) is 19.3 Å². The topological polar surface area (TPSA) is 101 Å². The molecule has 0 saturated carbocycles. The molecule has 10 nitrogen and oxygen atoms in total. The molecule has 0 N–H and O–H groups in total. The number of hydrogen-bond donors (Lipinski definition) is 0. The molecule has 0 radical (unpaired) electrons. The number of amides is 2. The SMILES string of the molecule is COC(=O)c1ccc(CN2CCN(/C(=N\C(=O)OC(C)(C)C)N(C/C=C/c3ccccc3)C(=O)OC(C)(C)C)CC2)cc1. The van der Waals surface area contributed by atoms with Crippen molar-refractivity contribution in [1.82, 2.24) is 14.7 Å². The highest BCUT2D eigenvalue weighted by atomic mass is 16.6. The van der Waals surface area contributed by atoms with E-state index in [-0.39, 0.29) is 18.5 Å². The van der Waals surface area contributed by atoms with Crippen molar-refractivity contribution in [2.75, 3.05) is 39.8 Å². The Balaban J connectivity index is 1.83. The fraction of sp³-hybridized carbons (Fsp3) is 0.455. The van der Waals surface area contributed by atoms with Gasteiger partial charge in [0.2, 0.25) is 5.96 Å². The zero-order chi connectivity index (χ0) is 31.6. The van der Waals surface area contributed by atoms with E-state index in [9.17, 15) is 14.4 Å². The van der Waals surface area contributed by atoms with Crippen LogP contribution in [0.25, 0.3) is 6.08 Å². The Kier molecular flexibility index (Phi) is 11.5. The lowest BCUT2D eigenvalue weighted by molar-refractivity contribution is 0.0353. The van der Waals surface area contributed by atoms with Crippen molar-refractivity contribution in [3.63, 3.8) is 0 Å². The molecule has 0 atom stereocenters. The quantitative estimate of drug-likeness (QED) is 0.179. The minimum atomic E-state index is -0.781. The molecule has 1 fully saturated rings. The standard InChI is InChI=1S/C33H44N4O6/c1-32(2,3)42-30(39)34-29(37(31(40)43-33(4,5)6)19-11-14-25-12-9-8-10-13-25)36-22-20-35(21-23-36)24-26-15-17-27(18-16-26)28(38)41-7/h8-18H,19-24H2,1-7H3/b14-11+,34-29+. The molecule has 2 aromatic rings. The van der Waals surface area contributed by atoms with Crippen LogP contribution >= 0.6 is 0 Å². The maximum Gasteiger partial charge on any atom is 0.437 e. The van der Waals surface area contributed by atoms with Crippen molar-refractivity contribution >= 4 is 30.2 Å². The van der Waals surface area contributed by atoms with E-state index in [1.807, 2.05) is 59.5 Å². The van der Waals surface area contributed by atoms with Crippen LogP contribution in [-0.2, 0) is 20.8 Å². The second-order valence-corrected chi connectivity index (χ2v) is 12.2. The van der Waals surface area contributed by atoms with Crippen LogP contribution in [0.4, 0.5) is 9.59 Å². The first-order valence-corrected chi connectivity index (χ1v) is 14.4. The summed E-state index contributed by atoms with van der Waals surface area (Å²) in [6, 6.07) is 17.1. The van der Waals surface area contributed by atoms with Crippen molar-refractivity contribution in [3.8, 4) is 0 Å². The molecule has 0 bridgehead atoms. The second-order valence-electron chi connectivity index (χ2n) is 12.2. The Hall–Kier alpha value is -4.18. The number of methoxy groups -OCH3 is 1. The fourth-order valence-electron chi connectivity index (χ4n) is 4.31. The highest BCUT2D eigenvalue weighted by Gasteiger charge is 2.32. The van der Waals surface area contributed by atoms with Crippen molar-refractivity contribution in [2.45, 2.75) is 59.3 Å². The van der Waals surface area contributed by atoms with Gasteiger partial charge in [-0.05, 0) is 64.8 Å². The molecule has 2 aromatic carbocycles. The number of carbonyl (C=O) groups excluding carboxylic acids is 3. The van der Waals surface area contributed by atoms with Crippen LogP contribution in [0.2, 0.25) is 0 Å². The summed E-state index contributed by atoms with van der Waals surface area (Å²) in [6.45, 7) is 13.9. The molecule has 3 rings (SSSR count). The van der Waals surface area contributed by atoms with E-state index in [4.69, 9.17) is 14.2 Å². The average Bonchev–Trinajstić information content (AvgIpc) is 2.93. The second kappa shape index (κ2) is 14.8. The maximum atomic E-state index is 13.5. The zero-order valence-electron chi connectivity index (χ0n) is 26.3. The van der Waals surface area contributed by atoms with E-state index in [1.54, 1.807) is 53.7 Å². The van der Waals surface area contributed by atoms with Gasteiger partial charge in [-0.3, -0.25) is 4.90 Å². The lowest BCUT2D eigenvalue weighted by atomic mass is 10.1. The van der Waals surface area contributed by atoms with E-state index >= 15 is 0 Å². The van der Waals surface area contributed by atoms with Gasteiger partial charge in [-0.2, -0.15) is 0 Å². The number of piperazine rings is 1. The van der Waals surface area contributed by atoms with Crippen LogP contribution in [0.1, 0.15) is 63.0 Å². The molecule has 10 heteroatoms. The first-order chi connectivity index (χ1) is 20.2. The van der Waals surface area contributed by atoms with Crippen molar-refractivity contribution in [2.24, 2.45) is 4.99 Å². The van der Waals surface area contributed by atoms with Crippen LogP contribution in [0.15, 0.2) is 65.7 Å². The van der Waals surface area contributed by atoms with Gasteiger partial charge in [0.15, 0.2) is 0 Å². The summed E-state index contributed by atoms with van der Waals surface area (Å²) in [5, 5.41) is 0.